The maximum Gasteiger partial charge on any atom is 0.257 e. The summed E-state index contributed by atoms with van der Waals surface area (Å²) in [7, 11) is 3.03. The van der Waals surface area contributed by atoms with Crippen molar-refractivity contribution in [2.45, 2.75) is 6.92 Å². The Morgan fingerprint density at radius 2 is 1.66 bits per heavy atom. The van der Waals surface area contributed by atoms with Gasteiger partial charge in [-0.2, -0.15) is 0 Å². The summed E-state index contributed by atoms with van der Waals surface area (Å²) in [4.78, 5) is 28.2. The molecule has 1 fully saturated rings. The molecule has 2 aromatic rings. The van der Waals surface area contributed by atoms with Gasteiger partial charge < -0.3 is 24.6 Å². The molecule has 1 aliphatic heterocycles. The lowest BCUT2D eigenvalue weighted by Crippen LogP contribution is -2.48. The Kier molecular flexibility index (Phi) is 7.76. The van der Waals surface area contributed by atoms with Crippen molar-refractivity contribution < 1.29 is 19.1 Å². The van der Waals surface area contributed by atoms with Gasteiger partial charge in [0, 0.05) is 44.7 Å². The van der Waals surface area contributed by atoms with E-state index in [2.05, 4.69) is 15.5 Å². The number of nitrogens with zero attached hydrogens (tertiary/aromatic N) is 2. The van der Waals surface area contributed by atoms with Crippen LogP contribution in [-0.4, -0.2) is 62.2 Å². The molecule has 1 heterocycles. The van der Waals surface area contributed by atoms with Crippen LogP contribution in [0.1, 0.15) is 17.3 Å². The lowest BCUT2D eigenvalue weighted by Gasteiger charge is -2.37. The molecule has 2 aromatic carbocycles. The molecule has 8 nitrogen and oxygen atoms in total. The van der Waals surface area contributed by atoms with Gasteiger partial charge in [0.25, 0.3) is 5.91 Å². The van der Waals surface area contributed by atoms with Crippen LogP contribution in [0.15, 0.2) is 36.4 Å². The van der Waals surface area contributed by atoms with Gasteiger partial charge in [-0.3, -0.25) is 14.9 Å². The number of carbonyl (C=O) groups is 2. The first-order chi connectivity index (χ1) is 15.3. The van der Waals surface area contributed by atoms with Crippen LogP contribution in [0.25, 0.3) is 0 Å². The highest BCUT2D eigenvalue weighted by atomic mass is 35.5. The fourth-order valence-corrected chi connectivity index (χ4v) is 3.95. The molecule has 1 saturated heterocycles. The molecule has 170 valence electrons. The van der Waals surface area contributed by atoms with Crippen molar-refractivity contribution in [2.24, 2.45) is 0 Å². The zero-order chi connectivity index (χ0) is 23.3. The van der Waals surface area contributed by atoms with Crippen molar-refractivity contribution in [2.75, 3.05) is 50.6 Å². The first kappa shape index (κ1) is 23.6. The number of benzene rings is 2. The summed E-state index contributed by atoms with van der Waals surface area (Å²) in [6, 6.07) is 10.3. The van der Waals surface area contributed by atoms with E-state index in [9.17, 15) is 9.59 Å². The Labute approximate surface area is 197 Å². The molecule has 2 N–H and O–H groups in total. The summed E-state index contributed by atoms with van der Waals surface area (Å²) in [6.07, 6.45) is 0. The van der Waals surface area contributed by atoms with Gasteiger partial charge in [0.2, 0.25) is 5.91 Å². The van der Waals surface area contributed by atoms with Gasteiger partial charge in [-0.1, -0.05) is 17.7 Å². The molecule has 0 unspecified atom stereocenters. The van der Waals surface area contributed by atoms with Gasteiger partial charge >= 0.3 is 0 Å². The number of nitrogens with one attached hydrogen (secondary N) is 2. The maximum absolute atomic E-state index is 12.7. The van der Waals surface area contributed by atoms with Crippen molar-refractivity contribution in [3.8, 4) is 11.5 Å². The van der Waals surface area contributed by atoms with E-state index in [1.54, 1.807) is 42.2 Å². The largest absolute Gasteiger partial charge is 0.497 e. The Hall–Kier alpha value is -3.04. The number of methoxy groups -OCH3 is 2. The number of piperazine rings is 1. The molecule has 10 heteroatoms. The molecular formula is C22H25ClN4O4S. The number of ether oxygens (including phenoxy) is 2. The standard InChI is InChI=1S/C22H25ClN4O4S/c1-14(28)26-7-9-27(10-8-26)20-18(23)5-4-6-19(20)24-22(32)25-21(29)15-11-16(30-2)13-17(12-15)31-3/h4-6,11-13H,7-10H2,1-3H3,(H2,24,25,29,32). The van der Waals surface area contributed by atoms with Crippen LogP contribution in [0.3, 0.4) is 0 Å². The monoisotopic (exact) mass is 476 g/mol. The van der Waals surface area contributed by atoms with Crippen LogP contribution < -0.4 is 25.0 Å². The van der Waals surface area contributed by atoms with E-state index in [4.69, 9.17) is 33.3 Å². The third-order valence-corrected chi connectivity index (χ3v) is 5.63. The van der Waals surface area contributed by atoms with Gasteiger partial charge in [-0.05, 0) is 36.5 Å². The van der Waals surface area contributed by atoms with Gasteiger partial charge in [-0.15, -0.1) is 0 Å². The summed E-state index contributed by atoms with van der Waals surface area (Å²) < 4.78 is 10.4. The number of rotatable bonds is 5. The van der Waals surface area contributed by atoms with Gasteiger partial charge in [0.15, 0.2) is 5.11 Å². The number of hydrogen-bond donors (Lipinski definition) is 2. The minimum absolute atomic E-state index is 0.0558. The van der Waals surface area contributed by atoms with Crippen molar-refractivity contribution >= 4 is 52.1 Å². The number of hydrogen-bond acceptors (Lipinski definition) is 6. The normalized spacial score (nSPS) is 13.4. The SMILES string of the molecule is COc1cc(OC)cc(C(=O)NC(=S)Nc2cccc(Cl)c2N2CCN(C(C)=O)CC2)c1. The van der Waals surface area contributed by atoms with Gasteiger partial charge in [0.05, 0.1) is 30.6 Å². The summed E-state index contributed by atoms with van der Waals surface area (Å²) in [5.74, 6) is 0.643. The molecule has 0 aliphatic carbocycles. The third-order valence-electron chi connectivity index (χ3n) is 5.12. The number of para-hydroxylation sites is 1. The molecular weight excluding hydrogens is 452 g/mol. The van der Waals surface area contributed by atoms with E-state index in [1.807, 2.05) is 6.07 Å². The average Bonchev–Trinajstić information content (AvgIpc) is 2.78. The van der Waals surface area contributed by atoms with Crippen molar-refractivity contribution in [3.05, 3.63) is 47.0 Å². The zero-order valence-electron chi connectivity index (χ0n) is 18.1. The molecule has 2 amide bonds. The van der Waals surface area contributed by atoms with Crippen molar-refractivity contribution in [1.29, 1.82) is 0 Å². The lowest BCUT2D eigenvalue weighted by molar-refractivity contribution is -0.129. The van der Waals surface area contributed by atoms with Crippen LogP contribution in [0.5, 0.6) is 11.5 Å². The smallest absolute Gasteiger partial charge is 0.257 e. The summed E-state index contributed by atoms with van der Waals surface area (Å²) in [6.45, 7) is 4.07. The maximum atomic E-state index is 12.7. The van der Waals surface area contributed by atoms with Crippen LogP contribution >= 0.6 is 23.8 Å². The molecule has 0 radical (unpaired) electrons. The van der Waals surface area contributed by atoms with E-state index >= 15 is 0 Å². The van der Waals surface area contributed by atoms with Gasteiger partial charge in [0.1, 0.15) is 11.5 Å². The van der Waals surface area contributed by atoms with Gasteiger partial charge in [-0.25, -0.2) is 0 Å². The van der Waals surface area contributed by atoms with E-state index in [-0.39, 0.29) is 11.0 Å². The predicted octanol–water partition coefficient (Wildman–Crippen LogP) is 3.15. The highest BCUT2D eigenvalue weighted by Crippen LogP contribution is 2.34. The average molecular weight is 477 g/mol. The molecule has 0 aromatic heterocycles. The Balaban J connectivity index is 1.73. The molecule has 1 aliphatic rings. The number of amides is 2. The van der Waals surface area contributed by atoms with Crippen LogP contribution in [0.2, 0.25) is 5.02 Å². The summed E-state index contributed by atoms with van der Waals surface area (Å²) in [5, 5.41) is 6.43. The summed E-state index contributed by atoms with van der Waals surface area (Å²) in [5.41, 5.74) is 1.79. The second-order valence-electron chi connectivity index (χ2n) is 7.14. The van der Waals surface area contributed by atoms with E-state index in [0.717, 1.165) is 5.69 Å². The highest BCUT2D eigenvalue weighted by Gasteiger charge is 2.23. The Morgan fingerprint density at radius 3 is 2.22 bits per heavy atom. The van der Waals surface area contributed by atoms with Crippen LogP contribution in [0.4, 0.5) is 11.4 Å². The Bertz CT molecular complexity index is 1000. The zero-order valence-corrected chi connectivity index (χ0v) is 19.7. The molecule has 0 saturated carbocycles. The molecule has 0 atom stereocenters. The van der Waals surface area contributed by atoms with Crippen molar-refractivity contribution in [1.82, 2.24) is 10.2 Å². The predicted molar refractivity (Wildman–Crippen MR) is 129 cm³/mol. The number of carbonyl (C=O) groups excluding carboxylic acids is 2. The minimum Gasteiger partial charge on any atom is -0.497 e. The third kappa shape index (κ3) is 5.60. The van der Waals surface area contributed by atoms with Crippen molar-refractivity contribution in [3.63, 3.8) is 0 Å². The molecule has 0 spiro atoms. The second-order valence-corrected chi connectivity index (χ2v) is 7.95. The van der Waals surface area contributed by atoms with E-state index in [1.165, 1.54) is 14.2 Å². The van der Waals surface area contributed by atoms with E-state index in [0.29, 0.717) is 54.0 Å². The second kappa shape index (κ2) is 10.5. The van der Waals surface area contributed by atoms with Crippen LogP contribution in [-0.2, 0) is 4.79 Å². The fraction of sp³-hybridized carbons (Fsp3) is 0.318. The molecule has 0 bridgehead atoms. The number of halogens is 1. The molecule has 32 heavy (non-hydrogen) atoms. The summed E-state index contributed by atoms with van der Waals surface area (Å²) >= 11 is 11.9. The molecule has 3 rings (SSSR count). The highest BCUT2D eigenvalue weighted by molar-refractivity contribution is 7.80. The number of thiocarbonyl (C=S) groups is 1. The Morgan fingerprint density at radius 1 is 1.03 bits per heavy atom. The minimum atomic E-state index is -0.404. The number of anilines is 2. The van der Waals surface area contributed by atoms with Crippen LogP contribution in [0, 0.1) is 0 Å². The fourth-order valence-electron chi connectivity index (χ4n) is 3.45. The lowest BCUT2D eigenvalue weighted by atomic mass is 10.2. The van der Waals surface area contributed by atoms with E-state index < -0.39 is 5.91 Å². The topological polar surface area (TPSA) is 83.1 Å². The first-order valence-corrected chi connectivity index (χ1v) is 10.8. The first-order valence-electron chi connectivity index (χ1n) is 9.96. The quantitative estimate of drug-likeness (QED) is 0.641.